The third kappa shape index (κ3) is 20.2. The van der Waals surface area contributed by atoms with E-state index >= 15 is 0 Å². The van der Waals surface area contributed by atoms with E-state index in [-0.39, 0.29) is 19.1 Å². The molecule has 2 unspecified atom stereocenters. The summed E-state index contributed by atoms with van der Waals surface area (Å²) >= 11 is 0. The largest absolute Gasteiger partial charge is 0.459 e. The second kappa shape index (κ2) is 25.3. The van der Waals surface area contributed by atoms with Crippen molar-refractivity contribution in [3.63, 3.8) is 0 Å². The summed E-state index contributed by atoms with van der Waals surface area (Å²) < 4.78 is 10.8. The van der Waals surface area contributed by atoms with Crippen molar-refractivity contribution in [2.45, 2.75) is 129 Å². The molecule has 0 spiro atoms. The molecule has 0 fully saturated rings. The van der Waals surface area contributed by atoms with E-state index in [4.69, 9.17) is 15.0 Å². The molecule has 8 nitrogen and oxygen atoms in total. The van der Waals surface area contributed by atoms with Crippen molar-refractivity contribution in [3.05, 3.63) is 46.3 Å². The normalized spacial score (nSPS) is 12.2. The second-order valence-electron chi connectivity index (χ2n) is 10.9. The van der Waals surface area contributed by atoms with Crippen LogP contribution in [0.1, 0.15) is 133 Å². The number of azide groups is 1. The van der Waals surface area contributed by atoms with Crippen molar-refractivity contribution in [2.24, 2.45) is 11.0 Å². The highest BCUT2D eigenvalue weighted by atomic mass is 16.6. The molecule has 8 heteroatoms. The van der Waals surface area contributed by atoms with Gasteiger partial charge in [-0.2, -0.15) is 0 Å². The molecule has 0 bridgehead atoms. The first-order chi connectivity index (χ1) is 19.6. The van der Waals surface area contributed by atoms with Gasteiger partial charge < -0.3 is 14.8 Å². The predicted molar refractivity (Wildman–Crippen MR) is 162 cm³/mol. The number of benzene rings is 1. The summed E-state index contributed by atoms with van der Waals surface area (Å²) in [6, 6.07) is 8.77. The summed E-state index contributed by atoms with van der Waals surface area (Å²) in [5.41, 5.74) is 9.17. The number of hydrogen-bond donors (Lipinski definition) is 1. The Balaban J connectivity index is 2.04. The fraction of sp³-hybridized carbons (Fsp3) is 0.750. The molecule has 1 aromatic rings. The summed E-state index contributed by atoms with van der Waals surface area (Å²) in [4.78, 5) is 27.2. The molecule has 0 aliphatic rings. The van der Waals surface area contributed by atoms with E-state index in [1.807, 2.05) is 6.07 Å². The van der Waals surface area contributed by atoms with Gasteiger partial charge in [-0.1, -0.05) is 127 Å². The quantitative estimate of drug-likeness (QED) is 0.0423. The molecule has 0 heterocycles. The number of carbonyl (C=O) groups is 2. The van der Waals surface area contributed by atoms with Crippen LogP contribution in [0.4, 0.5) is 4.79 Å². The maximum atomic E-state index is 12.3. The van der Waals surface area contributed by atoms with E-state index in [9.17, 15) is 9.59 Å². The van der Waals surface area contributed by atoms with Crippen molar-refractivity contribution in [1.29, 1.82) is 0 Å². The van der Waals surface area contributed by atoms with Gasteiger partial charge in [0, 0.05) is 23.9 Å². The zero-order valence-electron chi connectivity index (χ0n) is 25.2. The second-order valence-corrected chi connectivity index (χ2v) is 10.9. The molecule has 0 saturated heterocycles. The Morgan fingerprint density at radius 1 is 0.850 bits per heavy atom. The lowest BCUT2D eigenvalue weighted by molar-refractivity contribution is 0.0255. The molecule has 1 amide bonds. The molecule has 226 valence electrons. The van der Waals surface area contributed by atoms with Gasteiger partial charge in [-0.05, 0) is 37.4 Å². The molecular formula is C32H54N4O4. The molecule has 0 aliphatic heterocycles. The van der Waals surface area contributed by atoms with Gasteiger partial charge in [0.1, 0.15) is 0 Å². The lowest BCUT2D eigenvalue weighted by Crippen LogP contribution is -2.29. The summed E-state index contributed by atoms with van der Waals surface area (Å²) in [5, 5.41) is 6.42. The van der Waals surface area contributed by atoms with Gasteiger partial charge >= 0.3 is 12.1 Å². The fourth-order valence-corrected chi connectivity index (χ4v) is 4.80. The predicted octanol–water partition coefficient (Wildman–Crippen LogP) is 9.54. The number of nitrogens with zero attached hydrogens (tertiary/aromatic N) is 3. The van der Waals surface area contributed by atoms with Crippen LogP contribution < -0.4 is 5.32 Å². The van der Waals surface area contributed by atoms with Gasteiger partial charge in [-0.3, -0.25) is 0 Å². The Morgan fingerprint density at radius 2 is 1.38 bits per heavy atom. The monoisotopic (exact) mass is 558 g/mol. The van der Waals surface area contributed by atoms with Crippen LogP contribution in [0.25, 0.3) is 10.4 Å². The van der Waals surface area contributed by atoms with Gasteiger partial charge in [0.25, 0.3) is 0 Å². The van der Waals surface area contributed by atoms with Crippen LogP contribution in [0.2, 0.25) is 0 Å². The Bertz CT molecular complexity index is 814. The number of hydrogen-bond acceptors (Lipinski definition) is 5. The average molecular weight is 559 g/mol. The number of alkyl carbamates (subject to hydrolysis) is 1. The molecule has 1 aromatic carbocycles. The van der Waals surface area contributed by atoms with Crippen molar-refractivity contribution in [2.75, 3.05) is 19.7 Å². The number of carbonyl (C=O) groups excluding carboxylic acids is 2. The van der Waals surface area contributed by atoms with E-state index < -0.39 is 18.2 Å². The molecule has 0 aromatic heterocycles. The van der Waals surface area contributed by atoms with Crippen molar-refractivity contribution < 1.29 is 19.1 Å². The molecule has 0 aliphatic carbocycles. The Kier molecular flexibility index (Phi) is 22.3. The lowest BCUT2D eigenvalue weighted by atomic mass is 10.0. The number of unbranched alkanes of at least 4 members (excludes halogenated alkanes) is 15. The first kappa shape index (κ1) is 35.3. The van der Waals surface area contributed by atoms with Gasteiger partial charge in [-0.15, -0.1) is 0 Å². The minimum atomic E-state index is -0.471. The minimum absolute atomic E-state index is 0.0943. The van der Waals surface area contributed by atoms with E-state index in [0.29, 0.717) is 18.5 Å². The summed E-state index contributed by atoms with van der Waals surface area (Å²) in [7, 11) is 0. The zero-order valence-corrected chi connectivity index (χ0v) is 25.2. The van der Waals surface area contributed by atoms with Crippen LogP contribution in [0.15, 0.2) is 35.4 Å². The first-order valence-corrected chi connectivity index (χ1v) is 15.7. The van der Waals surface area contributed by atoms with E-state index in [1.54, 1.807) is 31.2 Å². The van der Waals surface area contributed by atoms with Crippen LogP contribution in [-0.2, 0) is 9.47 Å². The number of ether oxygens (including phenoxy) is 2. The van der Waals surface area contributed by atoms with E-state index in [2.05, 4.69) is 22.3 Å². The Labute approximate surface area is 242 Å². The topological polar surface area (TPSA) is 113 Å². The molecule has 1 rings (SSSR count). The number of esters is 1. The Morgan fingerprint density at radius 3 is 1.90 bits per heavy atom. The third-order valence-corrected chi connectivity index (χ3v) is 7.14. The van der Waals surface area contributed by atoms with Crippen molar-refractivity contribution >= 4 is 12.1 Å². The van der Waals surface area contributed by atoms with Crippen LogP contribution >= 0.6 is 0 Å². The molecule has 2 atom stereocenters. The van der Waals surface area contributed by atoms with Crippen LogP contribution in [0.3, 0.4) is 0 Å². The summed E-state index contributed by atoms with van der Waals surface area (Å²) in [6.45, 7) is 4.89. The zero-order chi connectivity index (χ0) is 29.1. The summed E-state index contributed by atoms with van der Waals surface area (Å²) in [6.07, 6.45) is 20.6. The number of rotatable bonds is 25. The highest BCUT2D eigenvalue weighted by Gasteiger charge is 2.19. The van der Waals surface area contributed by atoms with E-state index in [1.165, 1.54) is 89.9 Å². The summed E-state index contributed by atoms with van der Waals surface area (Å²) in [5.74, 6) is -0.649. The number of nitrogens with one attached hydrogen (secondary N) is 1. The third-order valence-electron chi connectivity index (χ3n) is 7.14. The van der Waals surface area contributed by atoms with Gasteiger partial charge in [-0.25, -0.2) is 9.59 Å². The first-order valence-electron chi connectivity index (χ1n) is 15.7. The standard InChI is InChI=1S/C32H54N4O4/c1-3-4-5-6-7-8-9-10-11-12-13-14-15-16-17-21-24-34-32(38)39-27-29(26-35-36-33)25-28(2)40-31(37)30-22-19-18-20-23-30/h18-20,22-23,28-29H,3-17,21,24-27H2,1-2H3,(H,34,38). The van der Waals surface area contributed by atoms with E-state index in [0.717, 1.165) is 12.8 Å². The Hall–Kier alpha value is -2.73. The van der Waals surface area contributed by atoms with Crippen LogP contribution in [0.5, 0.6) is 0 Å². The highest BCUT2D eigenvalue weighted by Crippen LogP contribution is 2.15. The average Bonchev–Trinajstić information content (AvgIpc) is 2.96. The molecule has 1 N–H and O–H groups in total. The maximum absolute atomic E-state index is 12.3. The number of amides is 1. The molecule has 40 heavy (non-hydrogen) atoms. The van der Waals surface area contributed by atoms with Gasteiger partial charge in [0.2, 0.25) is 0 Å². The molecular weight excluding hydrogens is 504 g/mol. The van der Waals surface area contributed by atoms with Gasteiger partial charge in [0.15, 0.2) is 0 Å². The van der Waals surface area contributed by atoms with Crippen LogP contribution in [0, 0.1) is 5.92 Å². The van der Waals surface area contributed by atoms with Gasteiger partial charge in [0.05, 0.1) is 18.3 Å². The fourth-order valence-electron chi connectivity index (χ4n) is 4.80. The highest BCUT2D eigenvalue weighted by molar-refractivity contribution is 5.89. The lowest BCUT2D eigenvalue weighted by Gasteiger charge is -2.20. The van der Waals surface area contributed by atoms with Crippen molar-refractivity contribution in [1.82, 2.24) is 5.32 Å². The maximum Gasteiger partial charge on any atom is 0.407 e. The van der Waals surface area contributed by atoms with Crippen molar-refractivity contribution in [3.8, 4) is 0 Å². The minimum Gasteiger partial charge on any atom is -0.459 e. The molecule has 0 radical (unpaired) electrons. The SMILES string of the molecule is CCCCCCCCCCCCCCCCCCNC(=O)OCC(CN=[N+]=[N-])CC(C)OC(=O)c1ccccc1. The molecule has 0 saturated carbocycles. The smallest absolute Gasteiger partial charge is 0.407 e. The van der Waals surface area contributed by atoms with Crippen LogP contribution in [-0.4, -0.2) is 37.9 Å².